The van der Waals surface area contributed by atoms with Crippen LogP contribution in [0.5, 0.6) is 5.75 Å². The van der Waals surface area contributed by atoms with Crippen molar-refractivity contribution in [2.75, 3.05) is 20.3 Å². The van der Waals surface area contributed by atoms with Gasteiger partial charge in [-0.2, -0.15) is 0 Å². The Morgan fingerprint density at radius 1 is 1.47 bits per heavy atom. The fourth-order valence-electron chi connectivity index (χ4n) is 2.12. The third-order valence-corrected chi connectivity index (χ3v) is 3.20. The maximum atomic E-state index is 12.1. The minimum absolute atomic E-state index is 0.0175. The van der Waals surface area contributed by atoms with E-state index in [9.17, 15) is 4.79 Å². The number of amides is 1. The highest BCUT2D eigenvalue weighted by molar-refractivity contribution is 5.92. The van der Waals surface area contributed by atoms with Gasteiger partial charge in [-0.3, -0.25) is 4.79 Å². The van der Waals surface area contributed by atoms with E-state index in [1.807, 2.05) is 24.3 Å². The molecule has 0 bridgehead atoms. The van der Waals surface area contributed by atoms with Crippen LogP contribution in [0.25, 0.3) is 0 Å². The van der Waals surface area contributed by atoms with Gasteiger partial charge in [0.1, 0.15) is 5.75 Å². The van der Waals surface area contributed by atoms with Gasteiger partial charge in [0.2, 0.25) is 5.91 Å². The Morgan fingerprint density at radius 3 is 2.76 bits per heavy atom. The average Bonchev–Trinajstić information content (AvgIpc) is 3.17. The van der Waals surface area contributed by atoms with Crippen LogP contribution in [0.1, 0.15) is 18.4 Å². The monoisotopic (exact) mass is 235 g/mol. The summed E-state index contributed by atoms with van der Waals surface area (Å²) in [5.41, 5.74) is 0.500. The molecule has 1 amide bonds. The van der Waals surface area contributed by atoms with Crippen LogP contribution in [0, 0.1) is 0 Å². The summed E-state index contributed by atoms with van der Waals surface area (Å²) < 4.78 is 5.30. The van der Waals surface area contributed by atoms with E-state index in [4.69, 9.17) is 9.84 Å². The largest absolute Gasteiger partial charge is 0.496 e. The lowest BCUT2D eigenvalue weighted by Gasteiger charge is -2.18. The van der Waals surface area contributed by atoms with Crippen molar-refractivity contribution in [2.24, 2.45) is 0 Å². The van der Waals surface area contributed by atoms with E-state index >= 15 is 0 Å². The lowest BCUT2D eigenvalue weighted by Crippen LogP contribution is -2.36. The summed E-state index contributed by atoms with van der Waals surface area (Å²) in [5, 5.41) is 11.5. The number of aliphatic hydroxyl groups is 1. The molecule has 1 aromatic rings. The first kappa shape index (κ1) is 11.9. The Kier molecular flexibility index (Phi) is 3.33. The highest BCUT2D eigenvalue weighted by atomic mass is 16.5. The van der Waals surface area contributed by atoms with Crippen LogP contribution < -0.4 is 10.1 Å². The van der Waals surface area contributed by atoms with E-state index in [1.165, 1.54) is 0 Å². The van der Waals surface area contributed by atoms with Gasteiger partial charge in [-0.15, -0.1) is 0 Å². The number of rotatable bonds is 5. The summed E-state index contributed by atoms with van der Waals surface area (Å²) in [4.78, 5) is 12.1. The summed E-state index contributed by atoms with van der Waals surface area (Å²) in [6.45, 7) is 0.267. The molecule has 2 N–H and O–H groups in total. The zero-order valence-electron chi connectivity index (χ0n) is 9.90. The summed E-state index contributed by atoms with van der Waals surface area (Å²) in [7, 11) is 1.61. The third kappa shape index (κ3) is 2.13. The molecule has 1 aliphatic carbocycles. The number of hydrogen-bond acceptors (Lipinski definition) is 3. The van der Waals surface area contributed by atoms with Crippen molar-refractivity contribution in [3.05, 3.63) is 29.8 Å². The maximum absolute atomic E-state index is 12.1. The first-order chi connectivity index (χ1) is 8.24. The Bertz CT molecular complexity index is 413. The van der Waals surface area contributed by atoms with Crippen molar-refractivity contribution >= 4 is 5.91 Å². The van der Waals surface area contributed by atoms with Crippen LogP contribution in [0.2, 0.25) is 0 Å². The molecule has 92 valence electrons. The predicted molar refractivity (Wildman–Crippen MR) is 64.0 cm³/mol. The van der Waals surface area contributed by atoms with E-state index in [0.29, 0.717) is 6.54 Å². The lowest BCUT2D eigenvalue weighted by molar-refractivity contribution is -0.123. The van der Waals surface area contributed by atoms with Gasteiger partial charge >= 0.3 is 0 Å². The second kappa shape index (κ2) is 4.75. The number of ether oxygens (including phenoxy) is 1. The van der Waals surface area contributed by atoms with Crippen molar-refractivity contribution in [1.82, 2.24) is 5.32 Å². The average molecular weight is 235 g/mol. The molecule has 1 saturated carbocycles. The van der Waals surface area contributed by atoms with Gasteiger partial charge < -0.3 is 15.2 Å². The molecule has 1 aromatic carbocycles. The number of para-hydroxylation sites is 1. The lowest BCUT2D eigenvalue weighted by atomic mass is 9.94. The third-order valence-electron chi connectivity index (χ3n) is 3.20. The van der Waals surface area contributed by atoms with Gasteiger partial charge in [0.15, 0.2) is 0 Å². The first-order valence-electron chi connectivity index (χ1n) is 5.77. The number of aliphatic hydroxyl groups excluding tert-OH is 1. The molecule has 0 radical (unpaired) electrons. The molecular weight excluding hydrogens is 218 g/mol. The highest BCUT2D eigenvalue weighted by Gasteiger charge is 2.52. The second-order valence-electron chi connectivity index (χ2n) is 4.26. The van der Waals surface area contributed by atoms with E-state index in [0.717, 1.165) is 24.2 Å². The van der Waals surface area contributed by atoms with Gasteiger partial charge in [0.25, 0.3) is 0 Å². The topological polar surface area (TPSA) is 58.6 Å². The minimum Gasteiger partial charge on any atom is -0.496 e. The summed E-state index contributed by atoms with van der Waals surface area (Å²) in [6, 6.07) is 7.61. The standard InChI is InChI=1S/C13H17NO3/c1-17-11-5-3-2-4-10(11)13(6-7-13)12(16)14-8-9-15/h2-5,15H,6-9H2,1H3,(H,14,16). The fraction of sp³-hybridized carbons (Fsp3) is 0.462. The molecule has 0 atom stereocenters. The van der Waals surface area contributed by atoms with Gasteiger partial charge in [-0.25, -0.2) is 0 Å². The minimum atomic E-state index is -0.443. The molecule has 0 unspecified atom stereocenters. The molecule has 0 heterocycles. The molecule has 4 heteroatoms. The number of carbonyl (C=O) groups excluding carboxylic acids is 1. The zero-order chi connectivity index (χ0) is 12.3. The molecule has 1 aliphatic rings. The second-order valence-corrected chi connectivity index (χ2v) is 4.26. The highest BCUT2D eigenvalue weighted by Crippen LogP contribution is 2.51. The molecule has 0 aromatic heterocycles. The Morgan fingerprint density at radius 2 is 2.18 bits per heavy atom. The number of methoxy groups -OCH3 is 1. The zero-order valence-corrected chi connectivity index (χ0v) is 9.90. The normalized spacial score (nSPS) is 16.4. The van der Waals surface area contributed by atoms with Crippen LogP contribution in [-0.2, 0) is 10.2 Å². The van der Waals surface area contributed by atoms with Crippen molar-refractivity contribution < 1.29 is 14.6 Å². The Balaban J connectivity index is 2.23. The van der Waals surface area contributed by atoms with E-state index in [1.54, 1.807) is 7.11 Å². The smallest absolute Gasteiger partial charge is 0.230 e. The maximum Gasteiger partial charge on any atom is 0.230 e. The van der Waals surface area contributed by atoms with Crippen LogP contribution in [0.3, 0.4) is 0 Å². The number of nitrogens with one attached hydrogen (secondary N) is 1. The SMILES string of the molecule is COc1ccccc1C1(C(=O)NCCO)CC1. The molecule has 0 saturated heterocycles. The predicted octanol–water partition coefficient (Wildman–Crippen LogP) is 0.835. The molecular formula is C13H17NO3. The van der Waals surface area contributed by atoms with Crippen LogP contribution in [0.4, 0.5) is 0 Å². The van der Waals surface area contributed by atoms with Gasteiger partial charge in [0, 0.05) is 12.1 Å². The quantitative estimate of drug-likeness (QED) is 0.795. The Hall–Kier alpha value is -1.55. The van der Waals surface area contributed by atoms with Gasteiger partial charge in [0.05, 0.1) is 19.1 Å². The van der Waals surface area contributed by atoms with Crippen molar-refractivity contribution in [3.63, 3.8) is 0 Å². The molecule has 0 aliphatic heterocycles. The Labute approximate surface area is 101 Å². The summed E-state index contributed by atoms with van der Waals surface area (Å²) in [6.07, 6.45) is 1.68. The molecule has 1 fully saturated rings. The molecule has 2 rings (SSSR count). The van der Waals surface area contributed by atoms with Crippen LogP contribution in [-0.4, -0.2) is 31.3 Å². The summed E-state index contributed by atoms with van der Waals surface area (Å²) >= 11 is 0. The van der Waals surface area contributed by atoms with Gasteiger partial charge in [-0.1, -0.05) is 18.2 Å². The number of benzene rings is 1. The molecule has 17 heavy (non-hydrogen) atoms. The van der Waals surface area contributed by atoms with E-state index in [2.05, 4.69) is 5.32 Å². The molecule has 0 spiro atoms. The van der Waals surface area contributed by atoms with Crippen LogP contribution in [0.15, 0.2) is 24.3 Å². The van der Waals surface area contributed by atoms with Gasteiger partial charge in [-0.05, 0) is 18.9 Å². The van der Waals surface area contributed by atoms with E-state index in [-0.39, 0.29) is 12.5 Å². The molecule has 4 nitrogen and oxygen atoms in total. The van der Waals surface area contributed by atoms with Crippen molar-refractivity contribution in [1.29, 1.82) is 0 Å². The first-order valence-corrected chi connectivity index (χ1v) is 5.77. The van der Waals surface area contributed by atoms with Crippen molar-refractivity contribution in [3.8, 4) is 5.75 Å². The van der Waals surface area contributed by atoms with E-state index < -0.39 is 5.41 Å². The number of carbonyl (C=O) groups is 1. The summed E-state index contributed by atoms with van der Waals surface area (Å²) in [5.74, 6) is 0.736. The van der Waals surface area contributed by atoms with Crippen molar-refractivity contribution in [2.45, 2.75) is 18.3 Å². The number of hydrogen-bond donors (Lipinski definition) is 2. The fourth-order valence-corrected chi connectivity index (χ4v) is 2.12. The van der Waals surface area contributed by atoms with Crippen LogP contribution >= 0.6 is 0 Å².